The van der Waals surface area contributed by atoms with E-state index in [4.69, 9.17) is 0 Å². The van der Waals surface area contributed by atoms with Gasteiger partial charge in [0.05, 0.1) is 5.69 Å². The third kappa shape index (κ3) is 4.82. The molecule has 5 aromatic carbocycles. The highest BCUT2D eigenvalue weighted by atomic mass is 15.2. The molecular formula is C44H38N2. The summed E-state index contributed by atoms with van der Waals surface area (Å²) < 4.78 is 0. The third-order valence-electron chi connectivity index (χ3n) is 9.50. The average molecular weight is 595 g/mol. The number of para-hydroxylation sites is 2. The topological polar surface area (TPSA) is 6.48 Å². The minimum absolute atomic E-state index is 0.193. The minimum atomic E-state index is 0.193. The summed E-state index contributed by atoms with van der Waals surface area (Å²) in [7, 11) is 0. The standard InChI is InChI=1S/C44H38N2/c1-29-23-30(2)26-37(25-29)45(35-11-7-5-8-12-35)41-21-17-33-16-20-40-42(22-18-34-15-19-39(41)43(33)44(34)40)46(36-13-9-6-10-14-36)38-27-31(3)24-32(4)28-38/h5-28,39,43H,1-4H3. The van der Waals surface area contributed by atoms with Crippen LogP contribution in [-0.2, 0) is 0 Å². The Hall–Kier alpha value is -5.34. The molecule has 3 aliphatic carbocycles. The maximum absolute atomic E-state index is 2.47. The number of aryl methyl sites for hydroxylation is 4. The quantitative estimate of drug-likeness (QED) is 0.193. The van der Waals surface area contributed by atoms with Gasteiger partial charge < -0.3 is 9.80 Å². The van der Waals surface area contributed by atoms with Gasteiger partial charge in [0, 0.05) is 45.8 Å². The molecule has 2 nitrogen and oxygen atoms in total. The molecule has 8 rings (SSSR count). The van der Waals surface area contributed by atoms with E-state index in [1.165, 1.54) is 73.0 Å². The summed E-state index contributed by atoms with van der Waals surface area (Å²) >= 11 is 0. The van der Waals surface area contributed by atoms with Gasteiger partial charge in [0.1, 0.15) is 0 Å². The molecule has 3 aliphatic rings. The number of anilines is 5. The number of allylic oxidation sites excluding steroid dienone is 5. The highest BCUT2D eigenvalue weighted by Gasteiger charge is 2.39. The van der Waals surface area contributed by atoms with Crippen molar-refractivity contribution >= 4 is 40.6 Å². The van der Waals surface area contributed by atoms with Crippen LogP contribution >= 0.6 is 0 Å². The van der Waals surface area contributed by atoms with Crippen molar-refractivity contribution < 1.29 is 0 Å². The average Bonchev–Trinajstić information content (AvgIpc) is 3.05. The maximum atomic E-state index is 2.47. The summed E-state index contributed by atoms with van der Waals surface area (Å²) in [5.74, 6) is 0.424. The highest BCUT2D eigenvalue weighted by Crippen LogP contribution is 2.54. The molecule has 2 atom stereocenters. The maximum Gasteiger partial charge on any atom is 0.0537 e. The van der Waals surface area contributed by atoms with Gasteiger partial charge in [-0.25, -0.2) is 0 Å². The van der Waals surface area contributed by atoms with Crippen molar-refractivity contribution in [3.63, 3.8) is 0 Å². The second-order valence-corrected chi connectivity index (χ2v) is 13.0. The van der Waals surface area contributed by atoms with Gasteiger partial charge in [-0.2, -0.15) is 0 Å². The molecule has 0 heterocycles. The highest BCUT2D eigenvalue weighted by molar-refractivity contribution is 5.89. The normalized spacial score (nSPS) is 17.2. The number of nitrogens with zero attached hydrogens (tertiary/aromatic N) is 2. The summed E-state index contributed by atoms with van der Waals surface area (Å²) in [5, 5.41) is 0. The zero-order valence-electron chi connectivity index (χ0n) is 26.9. The summed E-state index contributed by atoms with van der Waals surface area (Å²) in [6.45, 7) is 8.76. The fourth-order valence-electron chi connectivity index (χ4n) is 7.79. The van der Waals surface area contributed by atoms with Crippen LogP contribution in [0, 0.1) is 33.6 Å². The lowest BCUT2D eigenvalue weighted by atomic mass is 9.67. The SMILES string of the molecule is Cc1cc(C)cc(N(C2=CC=C3C=Cc4c(N(c5ccccc5)c5cc(C)cc(C)c5)ccc5c4C3C2C=C5)c2ccccc2)c1. The van der Waals surface area contributed by atoms with Crippen LogP contribution in [0.15, 0.2) is 145 Å². The lowest BCUT2D eigenvalue weighted by Gasteiger charge is -2.43. The van der Waals surface area contributed by atoms with E-state index in [1.807, 2.05) is 0 Å². The summed E-state index contributed by atoms with van der Waals surface area (Å²) in [4.78, 5) is 4.91. The predicted octanol–water partition coefficient (Wildman–Crippen LogP) is 11.8. The van der Waals surface area contributed by atoms with Crippen molar-refractivity contribution in [3.8, 4) is 0 Å². The molecule has 0 radical (unpaired) electrons. The van der Waals surface area contributed by atoms with Crippen LogP contribution in [0.1, 0.15) is 44.9 Å². The molecule has 0 fully saturated rings. The zero-order chi connectivity index (χ0) is 31.4. The number of benzene rings is 5. The van der Waals surface area contributed by atoms with Crippen LogP contribution in [0.2, 0.25) is 0 Å². The van der Waals surface area contributed by atoms with Gasteiger partial charge in [0.15, 0.2) is 0 Å². The van der Waals surface area contributed by atoms with Gasteiger partial charge >= 0.3 is 0 Å². The van der Waals surface area contributed by atoms with Crippen LogP contribution in [0.3, 0.4) is 0 Å². The van der Waals surface area contributed by atoms with Gasteiger partial charge in [-0.1, -0.05) is 85.0 Å². The fourth-order valence-corrected chi connectivity index (χ4v) is 7.79. The molecule has 0 aromatic heterocycles. The van der Waals surface area contributed by atoms with Gasteiger partial charge in [0.2, 0.25) is 0 Å². The Kier molecular flexibility index (Phi) is 6.87. The molecule has 0 bridgehead atoms. The third-order valence-corrected chi connectivity index (χ3v) is 9.50. The summed E-state index contributed by atoms with van der Waals surface area (Å²) in [6, 6.07) is 40.0. The number of hydrogen-bond acceptors (Lipinski definition) is 2. The minimum Gasteiger partial charge on any atom is -0.314 e. The Morgan fingerprint density at radius 3 is 1.67 bits per heavy atom. The first-order valence-corrected chi connectivity index (χ1v) is 16.3. The monoisotopic (exact) mass is 594 g/mol. The molecular weight excluding hydrogens is 556 g/mol. The van der Waals surface area contributed by atoms with E-state index in [0.717, 1.165) is 5.69 Å². The van der Waals surface area contributed by atoms with Crippen LogP contribution in [0.4, 0.5) is 28.4 Å². The first kappa shape index (κ1) is 28.2. The first-order valence-electron chi connectivity index (χ1n) is 16.3. The Morgan fingerprint density at radius 1 is 0.500 bits per heavy atom. The van der Waals surface area contributed by atoms with E-state index < -0.39 is 0 Å². The molecule has 2 unspecified atom stereocenters. The molecule has 0 N–H and O–H groups in total. The second-order valence-electron chi connectivity index (χ2n) is 13.0. The van der Waals surface area contributed by atoms with E-state index >= 15 is 0 Å². The lowest BCUT2D eigenvalue weighted by molar-refractivity contribution is 0.619. The summed E-state index contributed by atoms with van der Waals surface area (Å²) in [6.07, 6.45) is 14.2. The molecule has 0 saturated carbocycles. The molecule has 224 valence electrons. The van der Waals surface area contributed by atoms with Crippen molar-refractivity contribution in [2.75, 3.05) is 9.80 Å². The van der Waals surface area contributed by atoms with E-state index in [2.05, 4.69) is 183 Å². The Labute approximate surface area is 273 Å². The number of rotatable bonds is 6. The van der Waals surface area contributed by atoms with Crippen molar-refractivity contribution in [2.45, 2.75) is 33.6 Å². The first-order chi connectivity index (χ1) is 22.4. The molecule has 0 saturated heterocycles. The molecule has 5 aromatic rings. The molecule has 46 heavy (non-hydrogen) atoms. The van der Waals surface area contributed by atoms with Crippen LogP contribution in [0.25, 0.3) is 12.2 Å². The fraction of sp³-hybridized carbons (Fsp3) is 0.136. The van der Waals surface area contributed by atoms with Crippen molar-refractivity contribution in [3.05, 3.63) is 184 Å². The van der Waals surface area contributed by atoms with E-state index in [0.29, 0.717) is 0 Å². The second kappa shape index (κ2) is 11.2. The van der Waals surface area contributed by atoms with Crippen LogP contribution < -0.4 is 9.80 Å². The zero-order valence-corrected chi connectivity index (χ0v) is 26.9. The Balaban J connectivity index is 1.30. The van der Waals surface area contributed by atoms with Gasteiger partial charge in [-0.3, -0.25) is 0 Å². The van der Waals surface area contributed by atoms with Crippen LogP contribution in [-0.4, -0.2) is 0 Å². The van der Waals surface area contributed by atoms with E-state index in [-0.39, 0.29) is 11.8 Å². The Morgan fingerprint density at radius 2 is 1.07 bits per heavy atom. The molecule has 0 spiro atoms. The van der Waals surface area contributed by atoms with Crippen molar-refractivity contribution in [2.24, 2.45) is 5.92 Å². The molecule has 0 amide bonds. The lowest BCUT2D eigenvalue weighted by Crippen LogP contribution is -2.31. The molecule has 0 aliphatic heterocycles. The van der Waals surface area contributed by atoms with E-state index in [1.54, 1.807) is 0 Å². The van der Waals surface area contributed by atoms with Gasteiger partial charge in [-0.15, -0.1) is 0 Å². The number of hydrogen-bond donors (Lipinski definition) is 0. The summed E-state index contributed by atoms with van der Waals surface area (Å²) in [5.41, 5.74) is 17.7. The van der Waals surface area contributed by atoms with Gasteiger partial charge in [0.25, 0.3) is 0 Å². The smallest absolute Gasteiger partial charge is 0.0537 e. The van der Waals surface area contributed by atoms with Crippen molar-refractivity contribution in [1.82, 2.24) is 0 Å². The van der Waals surface area contributed by atoms with Crippen LogP contribution in [0.5, 0.6) is 0 Å². The Bertz CT molecular complexity index is 2060. The van der Waals surface area contributed by atoms with E-state index in [9.17, 15) is 0 Å². The predicted molar refractivity (Wildman–Crippen MR) is 196 cm³/mol. The van der Waals surface area contributed by atoms with Gasteiger partial charge in [-0.05, 0) is 127 Å². The molecule has 2 heteroatoms. The largest absolute Gasteiger partial charge is 0.314 e. The van der Waals surface area contributed by atoms with Crippen molar-refractivity contribution in [1.29, 1.82) is 0 Å².